The van der Waals surface area contributed by atoms with Crippen LogP contribution in [-0.2, 0) is 18.3 Å². The molecule has 170 valence electrons. The van der Waals surface area contributed by atoms with Gasteiger partial charge in [-0.1, -0.05) is 11.6 Å². The van der Waals surface area contributed by atoms with E-state index in [0.717, 1.165) is 22.9 Å². The molecule has 0 saturated carbocycles. The molecule has 9 heteroatoms. The van der Waals surface area contributed by atoms with Crippen molar-refractivity contribution in [2.24, 2.45) is 13.0 Å². The number of hydrogen-bond acceptors (Lipinski definition) is 5. The minimum Gasteiger partial charge on any atom is -0.361 e. The van der Waals surface area contributed by atoms with E-state index in [2.05, 4.69) is 20.3 Å². The molecule has 0 bridgehead atoms. The summed E-state index contributed by atoms with van der Waals surface area (Å²) in [4.78, 5) is 39.6. The van der Waals surface area contributed by atoms with Crippen LogP contribution in [0.3, 0.4) is 0 Å². The van der Waals surface area contributed by atoms with Crippen molar-refractivity contribution >= 4 is 45.4 Å². The van der Waals surface area contributed by atoms with Crippen molar-refractivity contribution in [2.75, 3.05) is 24.5 Å². The lowest BCUT2D eigenvalue weighted by Gasteiger charge is -2.31. The number of halogens is 1. The number of hydrogen-bond donors (Lipinski definition) is 2. The Morgan fingerprint density at radius 3 is 2.91 bits per heavy atom. The van der Waals surface area contributed by atoms with Crippen LogP contribution in [0, 0.1) is 5.92 Å². The van der Waals surface area contributed by atoms with E-state index in [1.54, 1.807) is 13.2 Å². The van der Waals surface area contributed by atoms with E-state index in [1.807, 2.05) is 41.4 Å². The fourth-order valence-electron chi connectivity index (χ4n) is 4.52. The number of piperidine rings is 1. The number of aryl methyl sites for hydroxylation is 1. The summed E-state index contributed by atoms with van der Waals surface area (Å²) < 4.78 is 1.54. The van der Waals surface area contributed by atoms with E-state index in [9.17, 15) is 9.59 Å². The highest BCUT2D eigenvalue weighted by atomic mass is 35.5. The second kappa shape index (κ2) is 8.86. The van der Waals surface area contributed by atoms with E-state index in [0.29, 0.717) is 54.5 Å². The van der Waals surface area contributed by atoms with Crippen LogP contribution in [0.5, 0.6) is 0 Å². The summed E-state index contributed by atoms with van der Waals surface area (Å²) in [6.45, 7) is 1.80. The van der Waals surface area contributed by atoms with Crippen molar-refractivity contribution in [3.05, 3.63) is 63.7 Å². The largest absolute Gasteiger partial charge is 0.361 e. The predicted octanol–water partition coefficient (Wildman–Crippen LogP) is 3.04. The molecule has 4 aromatic rings. The number of aromatic amines is 1. The number of carbonyl (C=O) groups excluding carboxylic acids is 1. The van der Waals surface area contributed by atoms with E-state index in [1.165, 1.54) is 4.57 Å². The van der Waals surface area contributed by atoms with Crippen molar-refractivity contribution in [3.8, 4) is 0 Å². The van der Waals surface area contributed by atoms with Crippen molar-refractivity contribution in [1.82, 2.24) is 24.8 Å². The zero-order valence-electron chi connectivity index (χ0n) is 18.3. The Balaban J connectivity index is 1.18. The van der Waals surface area contributed by atoms with Gasteiger partial charge in [0.15, 0.2) is 11.5 Å². The lowest BCUT2D eigenvalue weighted by Crippen LogP contribution is -2.43. The number of pyridine rings is 1. The number of nitrogens with one attached hydrogen (secondary N) is 2. The van der Waals surface area contributed by atoms with Crippen LogP contribution in [0.15, 0.2) is 47.5 Å². The number of rotatable bonds is 5. The zero-order valence-corrected chi connectivity index (χ0v) is 19.1. The van der Waals surface area contributed by atoms with Gasteiger partial charge in [0.25, 0.3) is 5.56 Å². The average Bonchev–Trinajstić information content (AvgIpc) is 3.23. The Bertz CT molecular complexity index is 1390. The Hall–Kier alpha value is -3.39. The van der Waals surface area contributed by atoms with Crippen molar-refractivity contribution < 1.29 is 4.79 Å². The highest BCUT2D eigenvalue weighted by Crippen LogP contribution is 2.23. The molecule has 0 atom stereocenters. The van der Waals surface area contributed by atoms with Crippen LogP contribution in [0.2, 0.25) is 5.02 Å². The zero-order chi connectivity index (χ0) is 22.9. The third kappa shape index (κ3) is 4.18. The monoisotopic (exact) mass is 464 g/mol. The molecule has 1 saturated heterocycles. The van der Waals surface area contributed by atoms with Gasteiger partial charge in [0.2, 0.25) is 5.91 Å². The number of anilines is 1. The van der Waals surface area contributed by atoms with Gasteiger partial charge in [0, 0.05) is 60.9 Å². The summed E-state index contributed by atoms with van der Waals surface area (Å²) in [5, 5.41) is 4.86. The third-order valence-electron chi connectivity index (χ3n) is 6.39. The first-order valence-corrected chi connectivity index (χ1v) is 11.5. The van der Waals surface area contributed by atoms with Crippen LogP contribution < -0.4 is 15.8 Å². The number of amides is 1. The molecule has 1 amide bonds. The molecule has 0 unspecified atom stereocenters. The van der Waals surface area contributed by atoms with E-state index in [4.69, 9.17) is 11.6 Å². The van der Waals surface area contributed by atoms with Crippen LogP contribution >= 0.6 is 11.6 Å². The van der Waals surface area contributed by atoms with Gasteiger partial charge in [-0.2, -0.15) is 0 Å². The summed E-state index contributed by atoms with van der Waals surface area (Å²) >= 11 is 6.12. The van der Waals surface area contributed by atoms with Crippen LogP contribution in [0.25, 0.3) is 22.1 Å². The smallest absolute Gasteiger partial charge is 0.294 e. The van der Waals surface area contributed by atoms with Crippen LogP contribution in [0.1, 0.15) is 18.4 Å². The highest BCUT2D eigenvalue weighted by Gasteiger charge is 2.27. The Labute approximate surface area is 195 Å². The molecule has 1 aromatic carbocycles. The summed E-state index contributed by atoms with van der Waals surface area (Å²) in [6, 6.07) is 9.43. The summed E-state index contributed by atoms with van der Waals surface area (Å²) in [6.07, 6.45) is 5.73. The number of benzene rings is 1. The van der Waals surface area contributed by atoms with Gasteiger partial charge in [-0.3, -0.25) is 14.2 Å². The van der Waals surface area contributed by atoms with Crippen LogP contribution in [-0.4, -0.2) is 45.1 Å². The quantitative estimate of drug-likeness (QED) is 0.473. The number of carbonyl (C=O) groups is 1. The molecule has 0 aliphatic carbocycles. The number of H-pyrrole nitrogens is 1. The lowest BCUT2D eigenvalue weighted by atomic mass is 9.96. The second-order valence-electron chi connectivity index (χ2n) is 8.45. The maximum Gasteiger partial charge on any atom is 0.294 e. The minimum atomic E-state index is -0.164. The molecule has 2 N–H and O–H groups in total. The molecule has 1 aliphatic heterocycles. The first-order valence-electron chi connectivity index (χ1n) is 11.1. The van der Waals surface area contributed by atoms with E-state index in [-0.39, 0.29) is 17.4 Å². The molecule has 0 radical (unpaired) electrons. The van der Waals surface area contributed by atoms with Gasteiger partial charge in [-0.15, -0.1) is 0 Å². The molecule has 1 fully saturated rings. The minimum absolute atomic E-state index is 0.0651. The molecule has 4 heterocycles. The Kier molecular flexibility index (Phi) is 5.76. The van der Waals surface area contributed by atoms with Crippen molar-refractivity contribution in [1.29, 1.82) is 0 Å². The fourth-order valence-corrected chi connectivity index (χ4v) is 4.70. The van der Waals surface area contributed by atoms with Gasteiger partial charge in [0.05, 0.1) is 0 Å². The van der Waals surface area contributed by atoms with Gasteiger partial charge in [0.1, 0.15) is 5.52 Å². The normalized spacial score (nSPS) is 14.8. The SMILES string of the molecule is Cn1c(=O)c(N2CCC(C(=O)NCCc3c[nH]c4ccc(Cl)cc34)CC2)nc2cccnc21. The van der Waals surface area contributed by atoms with E-state index < -0.39 is 0 Å². The maximum absolute atomic E-state index is 12.8. The molecule has 0 spiro atoms. The Morgan fingerprint density at radius 2 is 2.09 bits per heavy atom. The fraction of sp³-hybridized carbons (Fsp3) is 0.333. The Morgan fingerprint density at radius 1 is 1.27 bits per heavy atom. The predicted molar refractivity (Wildman–Crippen MR) is 130 cm³/mol. The van der Waals surface area contributed by atoms with E-state index >= 15 is 0 Å². The van der Waals surface area contributed by atoms with Gasteiger partial charge in [-0.05, 0) is 55.2 Å². The molecular weight excluding hydrogens is 440 g/mol. The number of aromatic nitrogens is 4. The van der Waals surface area contributed by atoms with Crippen molar-refractivity contribution in [3.63, 3.8) is 0 Å². The first kappa shape index (κ1) is 21.5. The van der Waals surface area contributed by atoms with Gasteiger partial charge < -0.3 is 15.2 Å². The van der Waals surface area contributed by atoms with Gasteiger partial charge in [-0.25, -0.2) is 9.97 Å². The molecule has 33 heavy (non-hydrogen) atoms. The molecular formula is C24H25ClN6O2. The number of nitrogens with zero attached hydrogens (tertiary/aromatic N) is 4. The van der Waals surface area contributed by atoms with Crippen molar-refractivity contribution in [2.45, 2.75) is 19.3 Å². The molecule has 3 aromatic heterocycles. The summed E-state index contributed by atoms with van der Waals surface area (Å²) in [5.41, 5.74) is 3.27. The molecule has 5 rings (SSSR count). The standard InChI is InChI=1S/C24H25ClN6O2/c1-30-21-20(3-2-9-26-21)29-22(24(30)33)31-11-7-15(8-12-31)23(32)27-10-6-16-14-28-19-5-4-17(25)13-18(16)19/h2-5,9,13-15,28H,6-8,10-12H2,1H3,(H,27,32). The van der Waals surface area contributed by atoms with Gasteiger partial charge >= 0.3 is 0 Å². The highest BCUT2D eigenvalue weighted by molar-refractivity contribution is 6.31. The first-order chi connectivity index (χ1) is 16.0. The maximum atomic E-state index is 12.8. The molecule has 8 nitrogen and oxygen atoms in total. The summed E-state index contributed by atoms with van der Waals surface area (Å²) in [7, 11) is 1.71. The summed E-state index contributed by atoms with van der Waals surface area (Å²) in [5.74, 6) is 0.426. The van der Waals surface area contributed by atoms with Crippen LogP contribution in [0.4, 0.5) is 5.82 Å². The number of fused-ring (bicyclic) bond motifs is 2. The third-order valence-corrected chi connectivity index (χ3v) is 6.63. The second-order valence-corrected chi connectivity index (χ2v) is 8.89. The molecule has 1 aliphatic rings. The lowest BCUT2D eigenvalue weighted by molar-refractivity contribution is -0.125. The average molecular weight is 465 g/mol. The topological polar surface area (TPSA) is 95.9 Å².